The summed E-state index contributed by atoms with van der Waals surface area (Å²) in [7, 11) is 0. The predicted molar refractivity (Wildman–Crippen MR) is 102 cm³/mol. The fraction of sp³-hybridized carbons (Fsp3) is 0.474. The van der Waals surface area contributed by atoms with Crippen LogP contribution in [0.15, 0.2) is 30.6 Å². The van der Waals surface area contributed by atoms with E-state index >= 15 is 0 Å². The molecular weight excluding hydrogens is 346 g/mol. The Morgan fingerprint density at radius 2 is 1.96 bits per heavy atom. The number of aryl methyl sites for hydroxylation is 1. The second-order valence-electron chi connectivity index (χ2n) is 6.64. The molecule has 2 amide bonds. The van der Waals surface area contributed by atoms with E-state index in [9.17, 15) is 9.59 Å². The molecule has 0 fully saturated rings. The van der Waals surface area contributed by atoms with Crippen molar-refractivity contribution in [3.63, 3.8) is 0 Å². The minimum atomic E-state index is -0.468. The lowest BCUT2D eigenvalue weighted by Gasteiger charge is -2.22. The zero-order chi connectivity index (χ0) is 19.8. The predicted octanol–water partition coefficient (Wildman–Crippen LogP) is 2.42. The molecule has 1 N–H and O–H groups in total. The Balaban J connectivity index is 2.04. The number of carbonyl (C=O) groups excluding carboxylic acids is 2. The number of carbonyl (C=O) groups is 2. The molecule has 0 atom stereocenters. The summed E-state index contributed by atoms with van der Waals surface area (Å²) in [4.78, 5) is 27.8. The molecule has 2 rings (SSSR count). The fourth-order valence-corrected chi connectivity index (χ4v) is 2.50. The highest BCUT2D eigenvalue weighted by molar-refractivity contribution is 5.98. The van der Waals surface area contributed by atoms with E-state index in [0.717, 1.165) is 5.56 Å². The van der Waals surface area contributed by atoms with Gasteiger partial charge in [0.25, 0.3) is 5.91 Å². The van der Waals surface area contributed by atoms with Gasteiger partial charge in [0, 0.05) is 19.6 Å². The molecule has 1 heterocycles. The van der Waals surface area contributed by atoms with Crippen LogP contribution in [0.4, 0.5) is 4.79 Å². The van der Waals surface area contributed by atoms with Crippen molar-refractivity contribution in [3.05, 3.63) is 41.7 Å². The topological polar surface area (TPSA) is 89.4 Å². The van der Waals surface area contributed by atoms with Crippen LogP contribution in [0, 0.1) is 12.8 Å². The van der Waals surface area contributed by atoms with Gasteiger partial charge in [-0.1, -0.05) is 25.5 Å². The van der Waals surface area contributed by atoms with Crippen LogP contribution in [0.3, 0.4) is 0 Å². The highest BCUT2D eigenvalue weighted by Gasteiger charge is 2.20. The van der Waals surface area contributed by atoms with E-state index in [2.05, 4.69) is 15.5 Å². The number of hydrogen-bond acceptors (Lipinski definition) is 5. The Hall–Kier alpha value is -2.90. The second kappa shape index (κ2) is 9.70. The summed E-state index contributed by atoms with van der Waals surface area (Å²) in [5.41, 5.74) is 2.12. The van der Waals surface area contributed by atoms with E-state index < -0.39 is 6.09 Å². The maximum Gasteiger partial charge on any atom is 0.407 e. The van der Waals surface area contributed by atoms with Crippen LogP contribution in [0.1, 0.15) is 36.7 Å². The van der Waals surface area contributed by atoms with E-state index in [0.29, 0.717) is 37.5 Å². The zero-order valence-electron chi connectivity index (χ0n) is 16.3. The van der Waals surface area contributed by atoms with Gasteiger partial charge in [-0.15, -0.1) is 0 Å². The molecule has 0 bridgehead atoms. The minimum absolute atomic E-state index is 0.133. The van der Waals surface area contributed by atoms with Gasteiger partial charge in [-0.2, -0.15) is 15.0 Å². The monoisotopic (exact) mass is 373 g/mol. The number of ether oxygens (including phenoxy) is 1. The van der Waals surface area contributed by atoms with Gasteiger partial charge in [-0.3, -0.25) is 4.79 Å². The molecule has 146 valence electrons. The number of amides is 2. The molecule has 8 nitrogen and oxygen atoms in total. The molecule has 0 aliphatic rings. The number of aromatic nitrogens is 3. The molecule has 0 saturated heterocycles. The van der Waals surface area contributed by atoms with Crippen molar-refractivity contribution in [2.75, 3.05) is 26.2 Å². The molecule has 0 saturated carbocycles. The number of benzene rings is 1. The molecule has 2 aromatic rings. The number of nitrogens with zero attached hydrogens (tertiary/aromatic N) is 4. The lowest BCUT2D eigenvalue weighted by molar-refractivity contribution is 0.0761. The Bertz CT molecular complexity index is 759. The van der Waals surface area contributed by atoms with Crippen LogP contribution in [0.5, 0.6) is 0 Å². The molecule has 0 spiro atoms. The van der Waals surface area contributed by atoms with Crippen LogP contribution in [-0.4, -0.2) is 58.1 Å². The molecule has 1 aromatic heterocycles. The van der Waals surface area contributed by atoms with Gasteiger partial charge < -0.3 is 15.0 Å². The zero-order valence-corrected chi connectivity index (χ0v) is 16.3. The highest BCUT2D eigenvalue weighted by atomic mass is 16.5. The first-order chi connectivity index (χ1) is 12.9. The highest BCUT2D eigenvalue weighted by Crippen LogP contribution is 2.17. The summed E-state index contributed by atoms with van der Waals surface area (Å²) in [5, 5.41) is 10.9. The number of likely N-dealkylation sites (N-methyl/N-ethyl adjacent to an activating group) is 1. The lowest BCUT2D eigenvalue weighted by atomic mass is 10.1. The van der Waals surface area contributed by atoms with E-state index in [1.165, 1.54) is 4.80 Å². The van der Waals surface area contributed by atoms with Gasteiger partial charge in [0.1, 0.15) is 0 Å². The first-order valence-electron chi connectivity index (χ1n) is 9.09. The van der Waals surface area contributed by atoms with Crippen molar-refractivity contribution in [2.24, 2.45) is 5.92 Å². The maximum absolute atomic E-state index is 13.0. The lowest BCUT2D eigenvalue weighted by Crippen LogP contribution is -2.39. The molecule has 0 unspecified atom stereocenters. The summed E-state index contributed by atoms with van der Waals surface area (Å²) in [5.74, 6) is 0.144. The van der Waals surface area contributed by atoms with Gasteiger partial charge in [-0.05, 0) is 31.9 Å². The third-order valence-corrected chi connectivity index (χ3v) is 3.88. The average molecular weight is 373 g/mol. The quantitative estimate of drug-likeness (QED) is 0.767. The van der Waals surface area contributed by atoms with E-state index in [1.807, 2.05) is 45.9 Å². The van der Waals surface area contributed by atoms with Gasteiger partial charge in [-0.25, -0.2) is 4.79 Å². The molecular formula is C19H27N5O3. The third-order valence-electron chi connectivity index (χ3n) is 3.88. The smallest absolute Gasteiger partial charge is 0.407 e. The van der Waals surface area contributed by atoms with Crippen molar-refractivity contribution in [1.82, 2.24) is 25.2 Å². The van der Waals surface area contributed by atoms with Crippen molar-refractivity contribution >= 4 is 12.0 Å². The third kappa shape index (κ3) is 5.80. The van der Waals surface area contributed by atoms with Gasteiger partial charge in [0.05, 0.1) is 30.3 Å². The van der Waals surface area contributed by atoms with Crippen LogP contribution in [0.25, 0.3) is 5.69 Å². The molecule has 27 heavy (non-hydrogen) atoms. The van der Waals surface area contributed by atoms with Crippen LogP contribution < -0.4 is 5.32 Å². The first kappa shape index (κ1) is 20.4. The van der Waals surface area contributed by atoms with E-state index in [-0.39, 0.29) is 11.8 Å². The van der Waals surface area contributed by atoms with Crippen LogP contribution in [-0.2, 0) is 4.74 Å². The van der Waals surface area contributed by atoms with E-state index in [4.69, 9.17) is 4.74 Å². The summed E-state index contributed by atoms with van der Waals surface area (Å²) in [6.45, 7) is 9.35. The van der Waals surface area contributed by atoms with Crippen molar-refractivity contribution < 1.29 is 14.3 Å². The number of alkyl carbamates (subject to hydrolysis) is 1. The largest absolute Gasteiger partial charge is 0.449 e. The minimum Gasteiger partial charge on any atom is -0.449 e. The SMILES string of the molecule is CCN(CCNC(=O)OCC(C)C)C(=O)c1cc(C)ccc1-n1nccn1. The first-order valence-corrected chi connectivity index (χ1v) is 9.09. The maximum atomic E-state index is 13.0. The van der Waals surface area contributed by atoms with Gasteiger partial charge >= 0.3 is 6.09 Å². The molecule has 0 aliphatic carbocycles. The van der Waals surface area contributed by atoms with Crippen molar-refractivity contribution in [1.29, 1.82) is 0 Å². The van der Waals surface area contributed by atoms with Crippen LogP contribution >= 0.6 is 0 Å². The number of nitrogens with one attached hydrogen (secondary N) is 1. The number of rotatable bonds is 8. The Kier molecular flexibility index (Phi) is 7.34. The Morgan fingerprint density at radius 1 is 1.26 bits per heavy atom. The summed E-state index contributed by atoms with van der Waals surface area (Å²) >= 11 is 0. The van der Waals surface area contributed by atoms with Gasteiger partial charge in [0.2, 0.25) is 0 Å². The Labute approximate surface area is 159 Å². The summed E-state index contributed by atoms with van der Waals surface area (Å²) in [6, 6.07) is 5.57. The molecule has 1 aromatic carbocycles. The average Bonchev–Trinajstić information content (AvgIpc) is 3.17. The fourth-order valence-electron chi connectivity index (χ4n) is 2.50. The second-order valence-corrected chi connectivity index (χ2v) is 6.64. The standard InChI is InChI=1S/C19H27N5O3/c1-5-23(11-10-20-19(26)27-13-14(2)3)18(25)16-12-15(4)6-7-17(16)24-21-8-9-22-24/h6-9,12,14H,5,10-11,13H2,1-4H3,(H,20,26). The number of hydrogen-bond donors (Lipinski definition) is 1. The Morgan fingerprint density at radius 3 is 2.59 bits per heavy atom. The molecule has 8 heteroatoms. The van der Waals surface area contributed by atoms with Crippen molar-refractivity contribution in [2.45, 2.75) is 27.7 Å². The molecule has 0 aliphatic heterocycles. The normalized spacial score (nSPS) is 10.7. The van der Waals surface area contributed by atoms with Crippen molar-refractivity contribution in [3.8, 4) is 5.69 Å². The summed E-state index contributed by atoms with van der Waals surface area (Å²) in [6.07, 6.45) is 2.67. The molecule has 0 radical (unpaired) electrons. The van der Waals surface area contributed by atoms with Gasteiger partial charge in [0.15, 0.2) is 0 Å². The van der Waals surface area contributed by atoms with Crippen LogP contribution in [0.2, 0.25) is 0 Å². The van der Waals surface area contributed by atoms with E-state index in [1.54, 1.807) is 17.3 Å². The summed E-state index contributed by atoms with van der Waals surface area (Å²) < 4.78 is 5.07.